The number of imide groups is 1. The van der Waals surface area contributed by atoms with E-state index in [4.69, 9.17) is 21.1 Å². The summed E-state index contributed by atoms with van der Waals surface area (Å²) in [6.07, 6.45) is 4.02. The van der Waals surface area contributed by atoms with Crippen LogP contribution < -0.4 is 15.4 Å². The van der Waals surface area contributed by atoms with Crippen LogP contribution in [0.1, 0.15) is 44.6 Å². The molecule has 0 heterocycles. The Kier molecular flexibility index (Phi) is 7.91. The molecule has 1 aliphatic rings. The van der Waals surface area contributed by atoms with E-state index in [1.54, 1.807) is 18.2 Å². The highest BCUT2D eigenvalue weighted by atomic mass is 35.5. The Hall–Kier alpha value is -2.28. The van der Waals surface area contributed by atoms with Crippen LogP contribution in [0, 0.1) is 6.92 Å². The van der Waals surface area contributed by atoms with Crippen molar-refractivity contribution < 1.29 is 23.9 Å². The van der Waals surface area contributed by atoms with Crippen LogP contribution in [-0.4, -0.2) is 36.7 Å². The first-order chi connectivity index (χ1) is 12.8. The molecule has 148 valence electrons. The third kappa shape index (κ3) is 7.09. The number of carbonyl (C=O) groups is 3. The summed E-state index contributed by atoms with van der Waals surface area (Å²) in [6.45, 7) is 2.86. The smallest absolute Gasteiger partial charge is 0.344 e. The van der Waals surface area contributed by atoms with E-state index in [0.29, 0.717) is 10.8 Å². The topological polar surface area (TPSA) is 93.7 Å². The highest BCUT2D eigenvalue weighted by Gasteiger charge is 2.22. The van der Waals surface area contributed by atoms with Gasteiger partial charge >= 0.3 is 12.0 Å². The largest absolute Gasteiger partial charge is 0.482 e. The zero-order valence-corrected chi connectivity index (χ0v) is 16.3. The zero-order valence-electron chi connectivity index (χ0n) is 15.5. The maximum Gasteiger partial charge on any atom is 0.344 e. The Labute approximate surface area is 163 Å². The maximum absolute atomic E-state index is 12.0. The normalized spacial score (nSPS) is 15.5. The lowest BCUT2D eigenvalue weighted by atomic mass is 9.96. The number of amides is 3. The van der Waals surface area contributed by atoms with Gasteiger partial charge in [-0.15, -0.1) is 0 Å². The fourth-order valence-corrected chi connectivity index (χ4v) is 2.93. The van der Waals surface area contributed by atoms with Gasteiger partial charge in [0.05, 0.1) is 0 Å². The van der Waals surface area contributed by atoms with Crippen molar-refractivity contribution in [3.63, 3.8) is 0 Å². The van der Waals surface area contributed by atoms with Crippen molar-refractivity contribution >= 4 is 29.5 Å². The van der Waals surface area contributed by atoms with Crippen molar-refractivity contribution in [2.45, 2.75) is 58.1 Å². The van der Waals surface area contributed by atoms with Crippen molar-refractivity contribution in [3.8, 4) is 5.75 Å². The van der Waals surface area contributed by atoms with Gasteiger partial charge in [0.15, 0.2) is 12.7 Å². The quantitative estimate of drug-likeness (QED) is 0.720. The SMILES string of the molecule is Cc1cc(OCC(=O)O[C@H](C)C(=O)NC(=O)NC2CCCCC2)ccc1Cl. The second-order valence-corrected chi connectivity index (χ2v) is 7.04. The minimum absolute atomic E-state index is 0.0839. The molecule has 1 aliphatic carbocycles. The Morgan fingerprint density at radius 1 is 1.22 bits per heavy atom. The Bertz CT molecular complexity index is 689. The van der Waals surface area contributed by atoms with Crippen molar-refractivity contribution in [1.82, 2.24) is 10.6 Å². The molecule has 0 saturated heterocycles. The summed E-state index contributed by atoms with van der Waals surface area (Å²) >= 11 is 5.93. The number of urea groups is 1. The molecule has 1 saturated carbocycles. The first-order valence-corrected chi connectivity index (χ1v) is 9.42. The van der Waals surface area contributed by atoms with E-state index in [1.165, 1.54) is 13.3 Å². The van der Waals surface area contributed by atoms with E-state index in [0.717, 1.165) is 31.2 Å². The molecule has 1 aromatic carbocycles. The van der Waals surface area contributed by atoms with Gasteiger partial charge in [0, 0.05) is 11.1 Å². The molecule has 0 radical (unpaired) electrons. The number of hydrogen-bond acceptors (Lipinski definition) is 5. The molecule has 1 atom stereocenters. The van der Waals surface area contributed by atoms with Gasteiger partial charge in [0.2, 0.25) is 0 Å². The predicted molar refractivity (Wildman–Crippen MR) is 101 cm³/mol. The number of carbonyl (C=O) groups excluding carboxylic acids is 3. The van der Waals surface area contributed by atoms with E-state index >= 15 is 0 Å². The fourth-order valence-electron chi connectivity index (χ4n) is 2.82. The second-order valence-electron chi connectivity index (χ2n) is 6.63. The third-order valence-corrected chi connectivity index (χ3v) is 4.76. The first kappa shape index (κ1) is 21.0. The van der Waals surface area contributed by atoms with E-state index in [1.807, 2.05) is 6.92 Å². The molecule has 0 spiro atoms. The van der Waals surface area contributed by atoms with Crippen molar-refractivity contribution in [2.75, 3.05) is 6.61 Å². The van der Waals surface area contributed by atoms with E-state index in [9.17, 15) is 14.4 Å². The van der Waals surface area contributed by atoms with Gasteiger partial charge in [-0.1, -0.05) is 30.9 Å². The highest BCUT2D eigenvalue weighted by Crippen LogP contribution is 2.21. The van der Waals surface area contributed by atoms with Crippen LogP contribution in [0.4, 0.5) is 4.79 Å². The maximum atomic E-state index is 12.0. The van der Waals surface area contributed by atoms with Crippen LogP contribution >= 0.6 is 11.6 Å². The van der Waals surface area contributed by atoms with Gasteiger partial charge in [-0.25, -0.2) is 9.59 Å². The number of rotatable bonds is 6. The van der Waals surface area contributed by atoms with E-state index in [2.05, 4.69) is 10.6 Å². The standard InChI is InChI=1S/C19H25ClN2O5/c1-12-10-15(8-9-16(12)20)26-11-17(23)27-13(2)18(24)22-19(25)21-14-6-4-3-5-7-14/h8-10,13-14H,3-7,11H2,1-2H3,(H2,21,22,24,25)/t13-/m1/s1. The average Bonchev–Trinajstić information content (AvgIpc) is 2.63. The number of nitrogens with one attached hydrogen (secondary N) is 2. The Balaban J connectivity index is 1.71. The van der Waals surface area contributed by atoms with Gasteiger partial charge in [-0.2, -0.15) is 0 Å². The Morgan fingerprint density at radius 3 is 2.59 bits per heavy atom. The van der Waals surface area contributed by atoms with Crippen LogP contribution in [0.3, 0.4) is 0 Å². The molecule has 0 unspecified atom stereocenters. The molecule has 8 heteroatoms. The van der Waals surface area contributed by atoms with Crippen molar-refractivity contribution in [2.24, 2.45) is 0 Å². The lowest BCUT2D eigenvalue weighted by Crippen LogP contribution is -2.48. The molecule has 7 nitrogen and oxygen atoms in total. The highest BCUT2D eigenvalue weighted by molar-refractivity contribution is 6.31. The van der Waals surface area contributed by atoms with Crippen LogP contribution in [0.25, 0.3) is 0 Å². The summed E-state index contributed by atoms with van der Waals surface area (Å²) < 4.78 is 10.3. The van der Waals surface area contributed by atoms with Crippen LogP contribution in [0.2, 0.25) is 5.02 Å². The Morgan fingerprint density at radius 2 is 1.93 bits per heavy atom. The average molecular weight is 397 g/mol. The van der Waals surface area contributed by atoms with Crippen LogP contribution in [0.15, 0.2) is 18.2 Å². The second kappa shape index (κ2) is 10.2. The molecule has 2 rings (SSSR count). The van der Waals surface area contributed by atoms with Crippen molar-refractivity contribution in [3.05, 3.63) is 28.8 Å². The lowest BCUT2D eigenvalue weighted by Gasteiger charge is -2.23. The fraction of sp³-hybridized carbons (Fsp3) is 0.526. The van der Waals surface area contributed by atoms with Gasteiger partial charge in [-0.3, -0.25) is 10.1 Å². The summed E-state index contributed by atoms with van der Waals surface area (Å²) in [5.41, 5.74) is 0.819. The van der Waals surface area contributed by atoms with Gasteiger partial charge in [0.25, 0.3) is 5.91 Å². The summed E-state index contributed by atoms with van der Waals surface area (Å²) in [6, 6.07) is 4.51. The summed E-state index contributed by atoms with van der Waals surface area (Å²) in [5, 5.41) is 5.56. The molecular formula is C19H25ClN2O5. The monoisotopic (exact) mass is 396 g/mol. The molecule has 2 N–H and O–H groups in total. The van der Waals surface area contributed by atoms with E-state index in [-0.39, 0.29) is 12.6 Å². The number of aryl methyl sites for hydroxylation is 1. The molecule has 1 fully saturated rings. The summed E-state index contributed by atoms with van der Waals surface area (Å²) in [7, 11) is 0. The van der Waals surface area contributed by atoms with Gasteiger partial charge in [0.1, 0.15) is 5.75 Å². The predicted octanol–water partition coefficient (Wildman–Crippen LogP) is 3.12. The molecule has 1 aromatic rings. The minimum Gasteiger partial charge on any atom is -0.482 e. The number of halogens is 1. The zero-order chi connectivity index (χ0) is 19.8. The number of hydrogen-bond donors (Lipinski definition) is 2. The number of ether oxygens (including phenoxy) is 2. The molecule has 27 heavy (non-hydrogen) atoms. The molecular weight excluding hydrogens is 372 g/mol. The minimum atomic E-state index is -1.11. The summed E-state index contributed by atoms with van der Waals surface area (Å²) in [4.78, 5) is 35.7. The van der Waals surface area contributed by atoms with Gasteiger partial charge in [-0.05, 0) is 50.5 Å². The molecule has 0 bridgehead atoms. The van der Waals surface area contributed by atoms with E-state index < -0.39 is 24.0 Å². The third-order valence-electron chi connectivity index (χ3n) is 4.34. The molecule has 3 amide bonds. The first-order valence-electron chi connectivity index (χ1n) is 9.05. The number of benzene rings is 1. The van der Waals surface area contributed by atoms with Gasteiger partial charge < -0.3 is 14.8 Å². The molecule has 0 aromatic heterocycles. The van der Waals surface area contributed by atoms with Crippen LogP contribution in [0.5, 0.6) is 5.75 Å². The van der Waals surface area contributed by atoms with Crippen molar-refractivity contribution in [1.29, 1.82) is 0 Å². The lowest BCUT2D eigenvalue weighted by molar-refractivity contribution is -0.156. The molecule has 0 aliphatic heterocycles. The number of esters is 1. The summed E-state index contributed by atoms with van der Waals surface area (Å²) in [5.74, 6) is -0.922. The van der Waals surface area contributed by atoms with Crippen LogP contribution in [-0.2, 0) is 14.3 Å².